The first-order valence-electron chi connectivity index (χ1n) is 4.71. The summed E-state index contributed by atoms with van der Waals surface area (Å²) in [6, 6.07) is 0. The average molecular weight is 168 g/mol. The van der Waals surface area contributed by atoms with Gasteiger partial charge in [0.2, 0.25) is 0 Å². The zero-order valence-electron chi connectivity index (χ0n) is 7.84. The maximum Gasteiger partial charge on any atom is 0.0540 e. The molecular formula is C11H20O. The van der Waals surface area contributed by atoms with Gasteiger partial charge in [0.1, 0.15) is 0 Å². The number of allylic oxidation sites excluding steroid dienone is 2. The molecule has 0 bridgehead atoms. The number of aliphatic hydroxyl groups is 1. The van der Waals surface area contributed by atoms with Gasteiger partial charge in [0.25, 0.3) is 0 Å². The van der Waals surface area contributed by atoms with Crippen LogP contribution in [0, 0.1) is 0 Å². The Morgan fingerprint density at radius 2 is 1.42 bits per heavy atom. The molecule has 0 fully saturated rings. The van der Waals surface area contributed by atoms with Crippen LogP contribution in [0.3, 0.4) is 0 Å². The summed E-state index contributed by atoms with van der Waals surface area (Å²) < 4.78 is 0. The van der Waals surface area contributed by atoms with Gasteiger partial charge in [0.05, 0.1) is 6.10 Å². The van der Waals surface area contributed by atoms with Gasteiger partial charge in [-0.25, -0.2) is 0 Å². The van der Waals surface area contributed by atoms with E-state index < -0.39 is 0 Å². The van der Waals surface area contributed by atoms with Crippen molar-refractivity contribution in [1.29, 1.82) is 0 Å². The smallest absolute Gasteiger partial charge is 0.0540 e. The second-order valence-electron chi connectivity index (χ2n) is 3.09. The van der Waals surface area contributed by atoms with Crippen molar-refractivity contribution < 1.29 is 5.11 Å². The summed E-state index contributed by atoms with van der Waals surface area (Å²) in [5, 5.41) is 9.43. The minimum absolute atomic E-state index is 0.120. The normalized spacial score (nSPS) is 10.2. The van der Waals surface area contributed by atoms with Gasteiger partial charge in [-0.05, 0) is 38.5 Å². The van der Waals surface area contributed by atoms with E-state index in [-0.39, 0.29) is 6.10 Å². The molecule has 0 aliphatic rings. The van der Waals surface area contributed by atoms with Crippen LogP contribution < -0.4 is 0 Å². The predicted octanol–water partition coefficient (Wildman–Crippen LogP) is 3.06. The van der Waals surface area contributed by atoms with Crippen LogP contribution in [0.5, 0.6) is 0 Å². The first-order valence-corrected chi connectivity index (χ1v) is 4.71. The second kappa shape index (κ2) is 8.54. The lowest BCUT2D eigenvalue weighted by molar-refractivity contribution is 0.150. The van der Waals surface area contributed by atoms with Crippen molar-refractivity contribution in [3.63, 3.8) is 0 Å². The Hall–Kier alpha value is -0.560. The molecule has 0 aromatic rings. The van der Waals surface area contributed by atoms with E-state index >= 15 is 0 Å². The first kappa shape index (κ1) is 11.4. The lowest BCUT2D eigenvalue weighted by Crippen LogP contribution is -2.05. The minimum Gasteiger partial charge on any atom is -0.393 e. The molecule has 12 heavy (non-hydrogen) atoms. The molecule has 1 N–H and O–H groups in total. The standard InChI is InChI=1S/C11H20O/c1-3-5-7-9-11(12)10-8-6-4-2/h3-4,11-12H,1-2,5-10H2. The van der Waals surface area contributed by atoms with Crippen molar-refractivity contribution in [3.05, 3.63) is 25.3 Å². The molecule has 0 amide bonds. The number of aliphatic hydroxyl groups excluding tert-OH is 1. The molecule has 0 saturated carbocycles. The van der Waals surface area contributed by atoms with Gasteiger partial charge in [0, 0.05) is 0 Å². The van der Waals surface area contributed by atoms with E-state index in [9.17, 15) is 5.11 Å². The second-order valence-corrected chi connectivity index (χ2v) is 3.09. The Balaban J connectivity index is 3.14. The fourth-order valence-electron chi connectivity index (χ4n) is 1.14. The third kappa shape index (κ3) is 7.55. The zero-order chi connectivity index (χ0) is 9.23. The van der Waals surface area contributed by atoms with Gasteiger partial charge in [-0.15, -0.1) is 13.2 Å². The molecule has 0 saturated heterocycles. The molecule has 0 spiro atoms. The molecule has 0 aromatic heterocycles. The zero-order valence-corrected chi connectivity index (χ0v) is 7.84. The predicted molar refractivity (Wildman–Crippen MR) is 54.1 cm³/mol. The lowest BCUT2D eigenvalue weighted by atomic mass is 10.1. The summed E-state index contributed by atoms with van der Waals surface area (Å²) in [6.45, 7) is 7.28. The lowest BCUT2D eigenvalue weighted by Gasteiger charge is -2.07. The van der Waals surface area contributed by atoms with Crippen LogP contribution in [0.25, 0.3) is 0 Å². The first-order chi connectivity index (χ1) is 5.81. The highest BCUT2D eigenvalue weighted by molar-refractivity contribution is 4.69. The van der Waals surface area contributed by atoms with Gasteiger partial charge in [-0.3, -0.25) is 0 Å². The van der Waals surface area contributed by atoms with Gasteiger partial charge in [-0.2, -0.15) is 0 Å². The van der Waals surface area contributed by atoms with E-state index in [2.05, 4.69) is 13.2 Å². The summed E-state index contributed by atoms with van der Waals surface area (Å²) in [6.07, 6.45) is 9.62. The van der Waals surface area contributed by atoms with Crippen molar-refractivity contribution in [2.24, 2.45) is 0 Å². The third-order valence-corrected chi connectivity index (χ3v) is 1.89. The Labute approximate surface area is 75.8 Å². The van der Waals surface area contributed by atoms with Crippen LogP contribution >= 0.6 is 0 Å². The largest absolute Gasteiger partial charge is 0.393 e. The van der Waals surface area contributed by atoms with Crippen LogP contribution in [0.15, 0.2) is 25.3 Å². The monoisotopic (exact) mass is 168 g/mol. The van der Waals surface area contributed by atoms with Crippen molar-refractivity contribution in [2.75, 3.05) is 0 Å². The summed E-state index contributed by atoms with van der Waals surface area (Å²) >= 11 is 0. The van der Waals surface area contributed by atoms with E-state index in [1.54, 1.807) is 0 Å². The number of rotatable bonds is 8. The van der Waals surface area contributed by atoms with Crippen LogP contribution in [0.4, 0.5) is 0 Å². The van der Waals surface area contributed by atoms with E-state index in [1.165, 1.54) is 0 Å². The Bertz CT molecular complexity index is 104. The van der Waals surface area contributed by atoms with Crippen LogP contribution in [0.1, 0.15) is 38.5 Å². The van der Waals surface area contributed by atoms with Crippen molar-refractivity contribution in [2.45, 2.75) is 44.6 Å². The SMILES string of the molecule is C=CCCCC(O)CCCC=C. The Morgan fingerprint density at radius 3 is 1.75 bits per heavy atom. The summed E-state index contributed by atoms with van der Waals surface area (Å²) in [5.74, 6) is 0. The van der Waals surface area contributed by atoms with Crippen LogP contribution in [0.2, 0.25) is 0 Å². The third-order valence-electron chi connectivity index (χ3n) is 1.89. The molecular weight excluding hydrogens is 148 g/mol. The summed E-state index contributed by atoms with van der Waals surface area (Å²) in [4.78, 5) is 0. The fraction of sp³-hybridized carbons (Fsp3) is 0.636. The van der Waals surface area contributed by atoms with Gasteiger partial charge >= 0.3 is 0 Å². The van der Waals surface area contributed by atoms with E-state index in [4.69, 9.17) is 0 Å². The summed E-state index contributed by atoms with van der Waals surface area (Å²) in [7, 11) is 0. The average Bonchev–Trinajstić information content (AvgIpc) is 2.06. The number of unbranched alkanes of at least 4 members (excludes halogenated alkanes) is 2. The van der Waals surface area contributed by atoms with E-state index in [0.717, 1.165) is 38.5 Å². The van der Waals surface area contributed by atoms with Crippen LogP contribution in [-0.4, -0.2) is 11.2 Å². The quantitative estimate of drug-likeness (QED) is 0.436. The minimum atomic E-state index is -0.120. The molecule has 0 rings (SSSR count). The number of hydrogen-bond donors (Lipinski definition) is 1. The molecule has 0 aliphatic carbocycles. The van der Waals surface area contributed by atoms with Gasteiger partial charge in [-0.1, -0.05) is 12.2 Å². The molecule has 0 aromatic carbocycles. The maximum absolute atomic E-state index is 9.43. The number of hydrogen-bond acceptors (Lipinski definition) is 1. The topological polar surface area (TPSA) is 20.2 Å². The van der Waals surface area contributed by atoms with E-state index in [1.807, 2.05) is 12.2 Å². The highest BCUT2D eigenvalue weighted by atomic mass is 16.3. The Morgan fingerprint density at radius 1 is 1.00 bits per heavy atom. The van der Waals surface area contributed by atoms with Crippen LogP contribution in [-0.2, 0) is 0 Å². The molecule has 0 heterocycles. The summed E-state index contributed by atoms with van der Waals surface area (Å²) in [5.41, 5.74) is 0. The molecule has 1 nitrogen and oxygen atoms in total. The van der Waals surface area contributed by atoms with E-state index in [0.29, 0.717) is 0 Å². The Kier molecular flexibility index (Phi) is 8.14. The molecule has 0 unspecified atom stereocenters. The molecule has 0 atom stereocenters. The fourth-order valence-corrected chi connectivity index (χ4v) is 1.14. The molecule has 0 radical (unpaired) electrons. The van der Waals surface area contributed by atoms with Crippen molar-refractivity contribution >= 4 is 0 Å². The molecule has 1 heteroatoms. The maximum atomic E-state index is 9.43. The van der Waals surface area contributed by atoms with Crippen molar-refractivity contribution in [3.8, 4) is 0 Å². The highest BCUT2D eigenvalue weighted by Crippen LogP contribution is 2.08. The highest BCUT2D eigenvalue weighted by Gasteiger charge is 2.01. The van der Waals surface area contributed by atoms with Crippen molar-refractivity contribution in [1.82, 2.24) is 0 Å². The molecule has 70 valence electrons. The van der Waals surface area contributed by atoms with Gasteiger partial charge < -0.3 is 5.11 Å². The van der Waals surface area contributed by atoms with Gasteiger partial charge in [0.15, 0.2) is 0 Å². The molecule has 0 aliphatic heterocycles.